The Kier molecular flexibility index (Phi) is 6.16. The predicted molar refractivity (Wildman–Crippen MR) is 116 cm³/mol. The molecule has 7 heteroatoms. The van der Waals surface area contributed by atoms with E-state index in [1.54, 1.807) is 23.9 Å². The maximum Gasteiger partial charge on any atom is 0.161 e. The Labute approximate surface area is 175 Å². The number of fused-ring (bicyclic) bond motifs is 1. The Bertz CT molecular complexity index is 1080. The number of benzene rings is 1. The van der Waals surface area contributed by atoms with E-state index in [1.807, 2.05) is 59.4 Å². The highest BCUT2D eigenvalue weighted by Gasteiger charge is 2.07. The summed E-state index contributed by atoms with van der Waals surface area (Å²) in [5.41, 5.74) is 1.70. The summed E-state index contributed by atoms with van der Waals surface area (Å²) in [5.74, 6) is 0.672. The van der Waals surface area contributed by atoms with Crippen LogP contribution in [-0.2, 0) is 16.1 Å². The molecule has 0 bridgehead atoms. The molecular formula is C21H18BrN3O2S. The molecule has 142 valence electrons. The van der Waals surface area contributed by atoms with Gasteiger partial charge in [-0.3, -0.25) is 0 Å². The Morgan fingerprint density at radius 2 is 2.04 bits per heavy atom. The van der Waals surface area contributed by atoms with Gasteiger partial charge in [0.05, 0.1) is 35.0 Å². The average Bonchev–Trinajstić information content (AvgIpc) is 3.38. The van der Waals surface area contributed by atoms with Gasteiger partial charge in [-0.25, -0.2) is 9.97 Å². The summed E-state index contributed by atoms with van der Waals surface area (Å²) >= 11 is 5.13. The van der Waals surface area contributed by atoms with Crippen molar-refractivity contribution in [2.75, 3.05) is 13.2 Å². The number of imidazole rings is 1. The van der Waals surface area contributed by atoms with E-state index in [4.69, 9.17) is 14.5 Å². The molecule has 0 aliphatic carbocycles. The molecule has 3 aromatic heterocycles. The summed E-state index contributed by atoms with van der Waals surface area (Å²) in [6, 6.07) is 16.1. The molecule has 3 heterocycles. The quantitative estimate of drug-likeness (QED) is 0.262. The van der Waals surface area contributed by atoms with Gasteiger partial charge in [-0.05, 0) is 40.2 Å². The molecule has 4 aromatic rings. The van der Waals surface area contributed by atoms with E-state index in [-0.39, 0.29) is 0 Å². The van der Waals surface area contributed by atoms with Crippen molar-refractivity contribution in [2.45, 2.75) is 6.61 Å². The summed E-state index contributed by atoms with van der Waals surface area (Å²) < 4.78 is 14.7. The van der Waals surface area contributed by atoms with Crippen LogP contribution < -0.4 is 0 Å². The van der Waals surface area contributed by atoms with Gasteiger partial charge in [-0.1, -0.05) is 24.3 Å². The zero-order valence-corrected chi connectivity index (χ0v) is 17.4. The average molecular weight is 456 g/mol. The maximum atomic E-state index is 6.01. The van der Waals surface area contributed by atoms with Crippen molar-refractivity contribution in [3.8, 4) is 0 Å². The third kappa shape index (κ3) is 4.86. The van der Waals surface area contributed by atoms with E-state index in [0.717, 1.165) is 20.4 Å². The zero-order valence-electron chi connectivity index (χ0n) is 15.0. The van der Waals surface area contributed by atoms with Crippen molar-refractivity contribution >= 4 is 50.1 Å². The Morgan fingerprint density at radius 3 is 2.86 bits per heavy atom. The normalized spacial score (nSPS) is 11.8. The number of thiophene rings is 1. The van der Waals surface area contributed by atoms with Gasteiger partial charge in [0.1, 0.15) is 12.3 Å². The van der Waals surface area contributed by atoms with Gasteiger partial charge in [0, 0.05) is 22.7 Å². The number of ether oxygens (including phenoxy) is 2. The van der Waals surface area contributed by atoms with Gasteiger partial charge < -0.3 is 14.0 Å². The topological polar surface area (TPSA) is 49.2 Å². The fraction of sp³-hybridized carbons (Fsp3) is 0.143. The highest BCUT2D eigenvalue weighted by Crippen LogP contribution is 2.23. The van der Waals surface area contributed by atoms with Gasteiger partial charge in [-0.2, -0.15) is 0 Å². The molecule has 0 atom stereocenters. The monoisotopic (exact) mass is 455 g/mol. The van der Waals surface area contributed by atoms with E-state index >= 15 is 0 Å². The standard InChI is InChI=1S/C21H18BrN3O2S/c22-21-8-6-17(28-21)14-26-11-12-27-20(13-25-10-9-23-15-25)19-7-5-16-3-1-2-4-18(16)24-19/h1-10,13,15H,11-12,14H2. The van der Waals surface area contributed by atoms with E-state index < -0.39 is 0 Å². The number of halogens is 1. The van der Waals surface area contributed by atoms with Gasteiger partial charge in [-0.15, -0.1) is 11.3 Å². The van der Waals surface area contributed by atoms with Gasteiger partial charge >= 0.3 is 0 Å². The summed E-state index contributed by atoms with van der Waals surface area (Å²) in [7, 11) is 0. The van der Waals surface area contributed by atoms with Crippen LogP contribution >= 0.6 is 27.3 Å². The lowest BCUT2D eigenvalue weighted by Gasteiger charge is -2.11. The second-order valence-corrected chi connectivity index (χ2v) is 8.55. The maximum absolute atomic E-state index is 6.01. The first kappa shape index (κ1) is 18.9. The number of hydrogen-bond donors (Lipinski definition) is 0. The minimum atomic E-state index is 0.432. The molecule has 1 aromatic carbocycles. The van der Waals surface area contributed by atoms with Gasteiger partial charge in [0.25, 0.3) is 0 Å². The first-order valence-electron chi connectivity index (χ1n) is 8.78. The second kappa shape index (κ2) is 9.14. The lowest BCUT2D eigenvalue weighted by molar-refractivity contribution is 0.0822. The number of rotatable bonds is 8. The molecular weight excluding hydrogens is 438 g/mol. The van der Waals surface area contributed by atoms with Crippen molar-refractivity contribution in [3.63, 3.8) is 0 Å². The minimum absolute atomic E-state index is 0.432. The lowest BCUT2D eigenvalue weighted by Crippen LogP contribution is -2.05. The number of para-hydroxylation sites is 1. The van der Waals surface area contributed by atoms with E-state index in [2.05, 4.69) is 27.0 Å². The lowest BCUT2D eigenvalue weighted by atomic mass is 10.2. The SMILES string of the molecule is Brc1ccc(COCCOC(=Cn2ccnc2)c2ccc3ccccc3n2)s1. The molecule has 0 fully saturated rings. The molecule has 5 nitrogen and oxygen atoms in total. The summed E-state index contributed by atoms with van der Waals surface area (Å²) in [6.45, 7) is 1.50. The molecule has 0 saturated heterocycles. The fourth-order valence-corrected chi connectivity index (χ4v) is 4.10. The third-order valence-corrected chi connectivity index (χ3v) is 5.60. The first-order chi connectivity index (χ1) is 13.8. The Morgan fingerprint density at radius 1 is 1.11 bits per heavy atom. The predicted octanol–water partition coefficient (Wildman–Crippen LogP) is 5.44. The number of pyridine rings is 1. The van der Waals surface area contributed by atoms with Crippen molar-refractivity contribution in [1.29, 1.82) is 0 Å². The van der Waals surface area contributed by atoms with Crippen molar-refractivity contribution in [3.05, 3.63) is 81.6 Å². The Balaban J connectivity index is 1.44. The van der Waals surface area contributed by atoms with Crippen LogP contribution in [0.3, 0.4) is 0 Å². The first-order valence-corrected chi connectivity index (χ1v) is 10.4. The van der Waals surface area contributed by atoms with E-state index in [9.17, 15) is 0 Å². The van der Waals surface area contributed by atoms with Crippen LogP contribution in [0.15, 0.2) is 71.0 Å². The molecule has 0 N–H and O–H groups in total. The third-order valence-electron chi connectivity index (χ3n) is 4.00. The highest BCUT2D eigenvalue weighted by molar-refractivity contribution is 9.11. The van der Waals surface area contributed by atoms with Crippen LogP contribution in [0.25, 0.3) is 22.9 Å². The fourth-order valence-electron chi connectivity index (χ4n) is 2.67. The molecule has 28 heavy (non-hydrogen) atoms. The van der Waals surface area contributed by atoms with Crippen molar-refractivity contribution in [2.24, 2.45) is 0 Å². The molecule has 0 aliphatic rings. The van der Waals surface area contributed by atoms with Crippen LogP contribution in [0.5, 0.6) is 0 Å². The summed E-state index contributed by atoms with van der Waals surface area (Å²) in [5, 5.41) is 1.10. The molecule has 0 unspecified atom stereocenters. The van der Waals surface area contributed by atoms with Crippen molar-refractivity contribution in [1.82, 2.24) is 14.5 Å². The van der Waals surface area contributed by atoms with Gasteiger partial charge in [0.2, 0.25) is 0 Å². The van der Waals surface area contributed by atoms with Crippen LogP contribution in [0.4, 0.5) is 0 Å². The van der Waals surface area contributed by atoms with E-state index in [0.29, 0.717) is 25.6 Å². The molecule has 0 spiro atoms. The molecule has 0 radical (unpaired) electrons. The van der Waals surface area contributed by atoms with Crippen LogP contribution in [0.1, 0.15) is 10.6 Å². The van der Waals surface area contributed by atoms with Crippen molar-refractivity contribution < 1.29 is 9.47 Å². The van der Waals surface area contributed by atoms with Crippen LogP contribution in [-0.4, -0.2) is 27.7 Å². The summed E-state index contributed by atoms with van der Waals surface area (Å²) in [6.07, 6.45) is 7.18. The number of aromatic nitrogens is 3. The Hall–Kier alpha value is -2.48. The number of hydrogen-bond acceptors (Lipinski definition) is 5. The molecule has 0 amide bonds. The highest BCUT2D eigenvalue weighted by atomic mass is 79.9. The molecule has 0 saturated carbocycles. The molecule has 4 rings (SSSR count). The second-order valence-electron chi connectivity index (χ2n) is 6.00. The summed E-state index contributed by atoms with van der Waals surface area (Å²) in [4.78, 5) is 9.99. The smallest absolute Gasteiger partial charge is 0.161 e. The zero-order chi connectivity index (χ0) is 19.2. The largest absolute Gasteiger partial charge is 0.487 e. The molecule has 0 aliphatic heterocycles. The van der Waals surface area contributed by atoms with E-state index in [1.165, 1.54) is 4.88 Å². The van der Waals surface area contributed by atoms with Gasteiger partial charge in [0.15, 0.2) is 5.76 Å². The number of nitrogens with zero attached hydrogens (tertiary/aromatic N) is 3. The minimum Gasteiger partial charge on any atom is -0.487 e. The van der Waals surface area contributed by atoms with Crippen LogP contribution in [0.2, 0.25) is 0 Å². The van der Waals surface area contributed by atoms with Crippen LogP contribution in [0, 0.1) is 0 Å².